The maximum Gasteiger partial charge on any atom is 0.178 e. The molecule has 2 aromatic carbocycles. The molecule has 0 spiro atoms. The zero-order valence-corrected chi connectivity index (χ0v) is 13.7. The fourth-order valence-corrected chi connectivity index (χ4v) is 3.01. The van der Waals surface area contributed by atoms with E-state index in [1.54, 1.807) is 31.4 Å². The summed E-state index contributed by atoms with van der Waals surface area (Å²) in [4.78, 5) is 2.20. The van der Waals surface area contributed by atoms with E-state index in [1.165, 1.54) is 0 Å². The minimum absolute atomic E-state index is 0.645. The zero-order valence-electron chi connectivity index (χ0n) is 13.7. The Hall–Kier alpha value is -2.48. The molecule has 0 aliphatic carbocycles. The van der Waals surface area contributed by atoms with Crippen LogP contribution in [0.1, 0.15) is 11.1 Å². The normalized spacial score (nSPS) is 17.0. The monoisotopic (exact) mass is 323 g/mol. The number of aliphatic hydroxyl groups is 1. The highest BCUT2D eigenvalue weighted by molar-refractivity contribution is 5.61. The minimum atomic E-state index is -1.50. The molecule has 4 heteroatoms. The van der Waals surface area contributed by atoms with Crippen LogP contribution in [0.25, 0.3) is 0 Å². The Kier molecular flexibility index (Phi) is 4.75. The maximum absolute atomic E-state index is 11.3. The molecule has 0 radical (unpaired) electrons. The summed E-state index contributed by atoms with van der Waals surface area (Å²) >= 11 is 0. The molecule has 4 nitrogen and oxygen atoms in total. The van der Waals surface area contributed by atoms with Gasteiger partial charge in [0, 0.05) is 29.9 Å². The smallest absolute Gasteiger partial charge is 0.178 e. The van der Waals surface area contributed by atoms with E-state index in [-0.39, 0.29) is 0 Å². The highest BCUT2D eigenvalue weighted by Crippen LogP contribution is 2.36. The molecule has 124 valence electrons. The maximum atomic E-state index is 11.3. The lowest BCUT2D eigenvalue weighted by Crippen LogP contribution is -2.38. The predicted molar refractivity (Wildman–Crippen MR) is 94.3 cm³/mol. The van der Waals surface area contributed by atoms with E-state index in [0.29, 0.717) is 24.3 Å². The molecule has 2 aromatic rings. The Morgan fingerprint density at radius 1 is 1.12 bits per heavy atom. The van der Waals surface area contributed by atoms with Gasteiger partial charge in [0.2, 0.25) is 0 Å². The number of ether oxygens (including phenoxy) is 2. The summed E-state index contributed by atoms with van der Waals surface area (Å²) in [7, 11) is 1.61. The molecule has 0 amide bonds. The first-order chi connectivity index (χ1) is 11.7. The summed E-state index contributed by atoms with van der Waals surface area (Å²) in [5.74, 6) is 3.31. The van der Waals surface area contributed by atoms with Crippen LogP contribution in [0.5, 0.6) is 5.75 Å². The lowest BCUT2D eigenvalue weighted by Gasteiger charge is -2.34. The van der Waals surface area contributed by atoms with Crippen molar-refractivity contribution in [1.29, 1.82) is 0 Å². The van der Waals surface area contributed by atoms with Crippen molar-refractivity contribution < 1.29 is 14.6 Å². The first-order valence-corrected chi connectivity index (χ1v) is 7.96. The fourth-order valence-electron chi connectivity index (χ4n) is 3.01. The van der Waals surface area contributed by atoms with Crippen LogP contribution in [0.2, 0.25) is 0 Å². The van der Waals surface area contributed by atoms with Crippen LogP contribution in [-0.2, 0) is 10.3 Å². The molecular weight excluding hydrogens is 302 g/mol. The van der Waals surface area contributed by atoms with Gasteiger partial charge < -0.3 is 19.5 Å². The lowest BCUT2D eigenvalue weighted by molar-refractivity contribution is 0.121. The van der Waals surface area contributed by atoms with E-state index < -0.39 is 5.60 Å². The van der Waals surface area contributed by atoms with Gasteiger partial charge in [0.15, 0.2) is 5.60 Å². The number of terminal acetylenes is 1. The number of nitrogens with zero attached hydrogens (tertiary/aromatic N) is 1. The summed E-state index contributed by atoms with van der Waals surface area (Å²) < 4.78 is 10.6. The van der Waals surface area contributed by atoms with Crippen molar-refractivity contribution in [2.75, 3.05) is 38.3 Å². The van der Waals surface area contributed by atoms with Crippen molar-refractivity contribution in [3.8, 4) is 18.1 Å². The third-order valence-electron chi connectivity index (χ3n) is 4.36. The van der Waals surface area contributed by atoms with E-state index in [4.69, 9.17) is 15.9 Å². The molecule has 0 bridgehead atoms. The van der Waals surface area contributed by atoms with Gasteiger partial charge in [-0.25, -0.2) is 0 Å². The molecule has 0 aromatic heterocycles. The van der Waals surface area contributed by atoms with Gasteiger partial charge in [-0.15, -0.1) is 6.42 Å². The Bertz CT molecular complexity index is 729. The number of morpholine rings is 1. The molecule has 1 unspecified atom stereocenters. The van der Waals surface area contributed by atoms with E-state index >= 15 is 0 Å². The third-order valence-corrected chi connectivity index (χ3v) is 4.36. The van der Waals surface area contributed by atoms with Gasteiger partial charge in [0.1, 0.15) is 5.75 Å². The van der Waals surface area contributed by atoms with Crippen molar-refractivity contribution >= 4 is 5.69 Å². The number of anilines is 1. The summed E-state index contributed by atoms with van der Waals surface area (Å²) in [5, 5.41) is 11.3. The second-order valence-electron chi connectivity index (χ2n) is 5.70. The Labute approximate surface area is 142 Å². The molecule has 1 aliphatic rings. The number of benzene rings is 2. The van der Waals surface area contributed by atoms with Crippen molar-refractivity contribution in [2.24, 2.45) is 0 Å². The molecule has 1 heterocycles. The molecule has 1 aliphatic heterocycles. The first-order valence-electron chi connectivity index (χ1n) is 7.96. The van der Waals surface area contributed by atoms with Crippen LogP contribution >= 0.6 is 0 Å². The average molecular weight is 323 g/mol. The number of hydrogen-bond donors (Lipinski definition) is 1. The van der Waals surface area contributed by atoms with E-state index in [2.05, 4.69) is 10.8 Å². The van der Waals surface area contributed by atoms with Crippen LogP contribution in [0, 0.1) is 12.3 Å². The van der Waals surface area contributed by atoms with E-state index in [1.807, 2.05) is 24.3 Å². The molecule has 1 fully saturated rings. The average Bonchev–Trinajstić information content (AvgIpc) is 2.68. The van der Waals surface area contributed by atoms with Gasteiger partial charge >= 0.3 is 0 Å². The standard InChI is InChI=1S/C20H21NO3/c1-3-20(22,16-8-10-17(23-2)11-9-16)18-6-4-5-7-19(18)21-12-14-24-15-13-21/h1,4-11,22H,12-15H2,2H3. The number of para-hydroxylation sites is 1. The van der Waals surface area contributed by atoms with E-state index in [9.17, 15) is 5.11 Å². The van der Waals surface area contributed by atoms with Gasteiger partial charge in [-0.3, -0.25) is 0 Å². The van der Waals surface area contributed by atoms with Crippen LogP contribution < -0.4 is 9.64 Å². The molecule has 1 N–H and O–H groups in total. The van der Waals surface area contributed by atoms with Gasteiger partial charge in [-0.05, 0) is 18.2 Å². The van der Waals surface area contributed by atoms with E-state index in [0.717, 1.165) is 24.5 Å². The fraction of sp³-hybridized carbons (Fsp3) is 0.300. The van der Waals surface area contributed by atoms with Crippen LogP contribution in [-0.4, -0.2) is 38.5 Å². The summed E-state index contributed by atoms with van der Waals surface area (Å²) in [6.45, 7) is 2.90. The molecular formula is C20H21NO3. The second-order valence-corrected chi connectivity index (χ2v) is 5.70. The van der Waals surface area contributed by atoms with Gasteiger partial charge in [-0.1, -0.05) is 36.3 Å². The quantitative estimate of drug-likeness (QED) is 0.878. The largest absolute Gasteiger partial charge is 0.497 e. The Morgan fingerprint density at radius 3 is 2.42 bits per heavy atom. The molecule has 24 heavy (non-hydrogen) atoms. The second kappa shape index (κ2) is 6.96. The van der Waals surface area contributed by atoms with Crippen molar-refractivity contribution in [3.63, 3.8) is 0 Å². The molecule has 1 saturated heterocycles. The van der Waals surface area contributed by atoms with Crippen LogP contribution in [0.15, 0.2) is 48.5 Å². The number of hydrogen-bond acceptors (Lipinski definition) is 4. The van der Waals surface area contributed by atoms with Crippen molar-refractivity contribution in [2.45, 2.75) is 5.60 Å². The third kappa shape index (κ3) is 2.96. The van der Waals surface area contributed by atoms with Crippen molar-refractivity contribution in [3.05, 3.63) is 59.7 Å². The van der Waals surface area contributed by atoms with Crippen LogP contribution in [0.4, 0.5) is 5.69 Å². The van der Waals surface area contributed by atoms with Crippen LogP contribution in [0.3, 0.4) is 0 Å². The lowest BCUT2D eigenvalue weighted by atomic mass is 9.85. The minimum Gasteiger partial charge on any atom is -0.497 e. The summed E-state index contributed by atoms with van der Waals surface area (Å²) in [6.07, 6.45) is 5.77. The number of rotatable bonds is 4. The van der Waals surface area contributed by atoms with Gasteiger partial charge in [0.05, 0.1) is 20.3 Å². The SMILES string of the molecule is C#CC(O)(c1ccc(OC)cc1)c1ccccc1N1CCOCC1. The molecule has 0 saturated carbocycles. The Balaban J connectivity index is 2.05. The highest BCUT2D eigenvalue weighted by Gasteiger charge is 2.33. The van der Waals surface area contributed by atoms with Gasteiger partial charge in [-0.2, -0.15) is 0 Å². The molecule has 3 rings (SSSR count). The highest BCUT2D eigenvalue weighted by atomic mass is 16.5. The summed E-state index contributed by atoms with van der Waals surface area (Å²) in [5.41, 5.74) is 0.796. The zero-order chi connectivity index (χ0) is 17.0. The summed E-state index contributed by atoms with van der Waals surface area (Å²) in [6, 6.07) is 14.9. The molecule has 1 atom stereocenters. The number of methoxy groups -OCH3 is 1. The predicted octanol–water partition coefficient (Wildman–Crippen LogP) is 2.40. The first kappa shape index (κ1) is 16.4. The Morgan fingerprint density at radius 2 is 1.79 bits per heavy atom. The topological polar surface area (TPSA) is 41.9 Å². The van der Waals surface area contributed by atoms with Gasteiger partial charge in [0.25, 0.3) is 0 Å². The van der Waals surface area contributed by atoms with Crippen molar-refractivity contribution in [1.82, 2.24) is 0 Å².